The summed E-state index contributed by atoms with van der Waals surface area (Å²) in [7, 11) is 0. The first-order valence-corrected chi connectivity index (χ1v) is 9.34. The average Bonchev–Trinajstić information content (AvgIpc) is 3.15. The number of thiocarbonyl (C=S) groups is 1. The third kappa shape index (κ3) is 4.73. The van der Waals surface area contributed by atoms with E-state index in [-0.39, 0.29) is 22.2 Å². The molecule has 10 heteroatoms. The molecular weight excluding hydrogens is 437 g/mol. The number of nitrogens with one attached hydrogen (secondary N) is 2. The van der Waals surface area contributed by atoms with Crippen LogP contribution in [-0.2, 0) is 0 Å². The van der Waals surface area contributed by atoms with Crippen molar-refractivity contribution in [3.8, 4) is 11.3 Å². The molecule has 29 heavy (non-hydrogen) atoms. The van der Waals surface area contributed by atoms with Crippen LogP contribution in [0, 0.1) is 17.0 Å². The largest absolute Gasteiger partial charge is 0.451 e. The van der Waals surface area contributed by atoms with Gasteiger partial charge in [0.15, 0.2) is 10.9 Å². The molecule has 0 saturated carbocycles. The van der Waals surface area contributed by atoms with Crippen LogP contribution in [0.5, 0.6) is 0 Å². The fourth-order valence-electron chi connectivity index (χ4n) is 2.52. The summed E-state index contributed by atoms with van der Waals surface area (Å²) in [6.45, 7) is 1.73. The lowest BCUT2D eigenvalue weighted by Crippen LogP contribution is -2.34. The molecule has 1 heterocycles. The zero-order valence-corrected chi connectivity index (χ0v) is 17.2. The van der Waals surface area contributed by atoms with E-state index < -0.39 is 10.8 Å². The second-order valence-electron chi connectivity index (χ2n) is 5.95. The Morgan fingerprint density at radius 2 is 1.93 bits per heavy atom. The van der Waals surface area contributed by atoms with Crippen molar-refractivity contribution in [1.29, 1.82) is 0 Å². The van der Waals surface area contributed by atoms with Gasteiger partial charge in [-0.2, -0.15) is 0 Å². The Bertz CT molecular complexity index is 1130. The van der Waals surface area contributed by atoms with Gasteiger partial charge in [-0.3, -0.25) is 20.2 Å². The van der Waals surface area contributed by atoms with Crippen LogP contribution in [0.2, 0.25) is 10.0 Å². The predicted molar refractivity (Wildman–Crippen MR) is 116 cm³/mol. The number of nitro benzene ring substituents is 1. The number of hydrogen-bond acceptors (Lipinski definition) is 5. The number of carbonyl (C=O) groups is 1. The number of halogens is 2. The van der Waals surface area contributed by atoms with Crippen LogP contribution in [-0.4, -0.2) is 15.9 Å². The number of amides is 1. The molecule has 7 nitrogen and oxygen atoms in total. The molecule has 0 spiro atoms. The summed E-state index contributed by atoms with van der Waals surface area (Å²) in [5.41, 5.74) is 1.27. The standard InChI is InChI=1S/C19H13Cl2N3O4S/c1-10-5-6-13(14(9-10)24(26)27)22-19(29)23-18(25)16-8-7-15(28-16)11-3-2-4-12(20)17(11)21/h2-9H,1H3,(H2,22,23,25,29). The van der Waals surface area contributed by atoms with Crippen LogP contribution in [0.15, 0.2) is 52.9 Å². The Morgan fingerprint density at radius 3 is 2.66 bits per heavy atom. The van der Waals surface area contributed by atoms with Crippen molar-refractivity contribution in [3.63, 3.8) is 0 Å². The Kier molecular flexibility index (Phi) is 6.17. The minimum Gasteiger partial charge on any atom is -0.451 e. The van der Waals surface area contributed by atoms with E-state index in [0.717, 1.165) is 5.56 Å². The quantitative estimate of drug-likeness (QED) is 0.305. The summed E-state index contributed by atoms with van der Waals surface area (Å²) in [5.74, 6) is -0.282. The third-order valence-electron chi connectivity index (χ3n) is 3.87. The molecule has 3 aromatic rings. The van der Waals surface area contributed by atoms with Crippen LogP contribution in [0.4, 0.5) is 11.4 Å². The molecule has 148 valence electrons. The van der Waals surface area contributed by atoms with Gasteiger partial charge in [0.1, 0.15) is 11.4 Å². The van der Waals surface area contributed by atoms with Crippen molar-refractivity contribution >= 4 is 57.8 Å². The highest BCUT2D eigenvalue weighted by Gasteiger charge is 2.18. The van der Waals surface area contributed by atoms with E-state index in [1.54, 1.807) is 37.3 Å². The lowest BCUT2D eigenvalue weighted by Gasteiger charge is -2.09. The molecule has 0 aliphatic carbocycles. The number of aryl methyl sites for hydroxylation is 1. The molecule has 0 bridgehead atoms. The highest BCUT2D eigenvalue weighted by Crippen LogP contribution is 2.34. The number of carbonyl (C=O) groups excluding carboxylic acids is 1. The van der Waals surface area contributed by atoms with Crippen molar-refractivity contribution < 1.29 is 14.1 Å². The number of nitro groups is 1. The first-order chi connectivity index (χ1) is 13.8. The van der Waals surface area contributed by atoms with E-state index in [2.05, 4.69) is 10.6 Å². The molecule has 0 atom stereocenters. The van der Waals surface area contributed by atoms with Gasteiger partial charge >= 0.3 is 0 Å². The van der Waals surface area contributed by atoms with Gasteiger partial charge < -0.3 is 9.73 Å². The van der Waals surface area contributed by atoms with Crippen molar-refractivity contribution in [1.82, 2.24) is 5.32 Å². The van der Waals surface area contributed by atoms with Crippen LogP contribution in [0.1, 0.15) is 16.1 Å². The lowest BCUT2D eigenvalue weighted by atomic mass is 10.2. The van der Waals surface area contributed by atoms with E-state index >= 15 is 0 Å². The SMILES string of the molecule is Cc1ccc(NC(=S)NC(=O)c2ccc(-c3cccc(Cl)c3Cl)o2)c([N+](=O)[O-])c1. The maximum atomic E-state index is 12.4. The zero-order chi connectivity index (χ0) is 21.1. The molecule has 0 unspecified atom stereocenters. The van der Waals surface area contributed by atoms with Gasteiger partial charge in [0.05, 0.1) is 15.0 Å². The number of benzene rings is 2. The molecule has 0 saturated heterocycles. The van der Waals surface area contributed by atoms with E-state index in [9.17, 15) is 14.9 Å². The van der Waals surface area contributed by atoms with E-state index in [1.165, 1.54) is 18.2 Å². The summed E-state index contributed by atoms with van der Waals surface area (Å²) < 4.78 is 5.55. The number of anilines is 1. The smallest absolute Gasteiger partial charge is 0.293 e. The van der Waals surface area contributed by atoms with Crippen LogP contribution < -0.4 is 10.6 Å². The first kappa shape index (κ1) is 20.8. The molecule has 0 radical (unpaired) electrons. The fourth-order valence-corrected chi connectivity index (χ4v) is 3.11. The topological polar surface area (TPSA) is 97.4 Å². The molecule has 0 aliphatic rings. The molecule has 1 aromatic heterocycles. The van der Waals surface area contributed by atoms with Gasteiger partial charge in [0, 0.05) is 11.6 Å². The highest BCUT2D eigenvalue weighted by molar-refractivity contribution is 7.80. The Hall–Kier alpha value is -2.94. The minimum atomic E-state index is -0.623. The second kappa shape index (κ2) is 8.60. The molecule has 0 aliphatic heterocycles. The van der Waals surface area contributed by atoms with E-state index in [4.69, 9.17) is 39.8 Å². The summed E-state index contributed by atoms with van der Waals surface area (Å²) in [6.07, 6.45) is 0. The molecule has 1 amide bonds. The van der Waals surface area contributed by atoms with Gasteiger partial charge in [-0.25, -0.2) is 0 Å². The van der Waals surface area contributed by atoms with Crippen molar-refractivity contribution in [2.45, 2.75) is 6.92 Å². The van der Waals surface area contributed by atoms with Crippen molar-refractivity contribution in [3.05, 3.63) is 80.0 Å². The highest BCUT2D eigenvalue weighted by atomic mass is 35.5. The Balaban J connectivity index is 1.73. The predicted octanol–water partition coefficient (Wildman–Crippen LogP) is 5.60. The summed E-state index contributed by atoms with van der Waals surface area (Å²) in [5, 5.41) is 16.8. The average molecular weight is 450 g/mol. The van der Waals surface area contributed by atoms with Crippen molar-refractivity contribution in [2.24, 2.45) is 0 Å². The fraction of sp³-hybridized carbons (Fsp3) is 0.0526. The number of rotatable bonds is 4. The second-order valence-corrected chi connectivity index (χ2v) is 7.14. The van der Waals surface area contributed by atoms with E-state index in [0.29, 0.717) is 21.4 Å². The van der Waals surface area contributed by atoms with Crippen molar-refractivity contribution in [2.75, 3.05) is 5.32 Å². The zero-order valence-electron chi connectivity index (χ0n) is 14.9. The maximum Gasteiger partial charge on any atom is 0.293 e. The molecule has 0 fully saturated rings. The summed E-state index contributed by atoms with van der Waals surface area (Å²) in [6, 6.07) is 12.7. The Morgan fingerprint density at radius 1 is 1.17 bits per heavy atom. The van der Waals surface area contributed by atoms with Gasteiger partial charge in [-0.1, -0.05) is 35.3 Å². The van der Waals surface area contributed by atoms with Crippen LogP contribution >= 0.6 is 35.4 Å². The maximum absolute atomic E-state index is 12.4. The van der Waals surface area contributed by atoms with Gasteiger partial charge in [0.2, 0.25) is 0 Å². The van der Waals surface area contributed by atoms with Gasteiger partial charge in [-0.05, 0) is 55.0 Å². The summed E-state index contributed by atoms with van der Waals surface area (Å²) in [4.78, 5) is 23.0. The molecule has 2 N–H and O–H groups in total. The molecule has 3 rings (SSSR count). The van der Waals surface area contributed by atoms with Crippen LogP contribution in [0.3, 0.4) is 0 Å². The van der Waals surface area contributed by atoms with E-state index in [1.807, 2.05) is 0 Å². The third-order valence-corrected chi connectivity index (χ3v) is 4.90. The first-order valence-electron chi connectivity index (χ1n) is 8.18. The molecule has 2 aromatic carbocycles. The Labute approximate surface area is 180 Å². The number of nitrogens with zero attached hydrogens (tertiary/aromatic N) is 1. The monoisotopic (exact) mass is 449 g/mol. The summed E-state index contributed by atoms with van der Waals surface area (Å²) >= 11 is 17.2. The number of furan rings is 1. The minimum absolute atomic E-state index is 0.0152. The van der Waals surface area contributed by atoms with Gasteiger partial charge in [0.25, 0.3) is 11.6 Å². The van der Waals surface area contributed by atoms with Gasteiger partial charge in [-0.15, -0.1) is 0 Å². The lowest BCUT2D eigenvalue weighted by molar-refractivity contribution is -0.383. The van der Waals surface area contributed by atoms with Crippen LogP contribution in [0.25, 0.3) is 11.3 Å². The molecular formula is C19H13Cl2N3O4S. The number of hydrogen-bond donors (Lipinski definition) is 2. The normalized spacial score (nSPS) is 10.4.